The van der Waals surface area contributed by atoms with Crippen LogP contribution in [0, 0.1) is 0 Å². The van der Waals surface area contributed by atoms with Crippen LogP contribution in [0.15, 0.2) is 41.0 Å². The predicted octanol–water partition coefficient (Wildman–Crippen LogP) is 2.19. The van der Waals surface area contributed by atoms with Crippen LogP contribution in [-0.2, 0) is 17.9 Å². The molecule has 0 aliphatic carbocycles. The molecule has 0 spiro atoms. The fourth-order valence-electron chi connectivity index (χ4n) is 2.79. The van der Waals surface area contributed by atoms with Gasteiger partial charge in [-0.3, -0.25) is 9.69 Å². The molecule has 0 bridgehead atoms. The van der Waals surface area contributed by atoms with Crippen LogP contribution >= 0.6 is 0 Å². The number of rotatable bonds is 5. The number of para-hydroxylation sites is 1. The molecule has 2 heterocycles. The Bertz CT molecular complexity index is 670. The highest BCUT2D eigenvalue weighted by atomic mass is 16.5. The summed E-state index contributed by atoms with van der Waals surface area (Å²) in [4.78, 5) is 14.3. The first-order chi connectivity index (χ1) is 11.8. The second-order valence-electron chi connectivity index (χ2n) is 5.72. The molecule has 0 saturated carbocycles. The fraction of sp³-hybridized carbons (Fsp3) is 0.389. The van der Waals surface area contributed by atoms with E-state index in [4.69, 9.17) is 13.9 Å². The summed E-state index contributed by atoms with van der Waals surface area (Å²) in [5.41, 5.74) is 1.04. The van der Waals surface area contributed by atoms with Gasteiger partial charge in [-0.15, -0.1) is 0 Å². The largest absolute Gasteiger partial charge is 0.493 e. The summed E-state index contributed by atoms with van der Waals surface area (Å²) in [6.45, 7) is 2.83. The second-order valence-corrected chi connectivity index (χ2v) is 5.72. The van der Waals surface area contributed by atoms with Crippen LogP contribution in [-0.4, -0.2) is 37.6 Å². The van der Waals surface area contributed by atoms with Gasteiger partial charge >= 0.3 is 0 Å². The number of hydrogen-bond acceptors (Lipinski definition) is 5. The SMILES string of the molecule is COc1cccc2c1OCCCN(CC(=O)NCc1ccco1)C2. The highest BCUT2D eigenvalue weighted by Gasteiger charge is 2.19. The molecule has 0 fully saturated rings. The number of nitrogens with one attached hydrogen (secondary N) is 1. The lowest BCUT2D eigenvalue weighted by atomic mass is 10.1. The van der Waals surface area contributed by atoms with Crippen molar-refractivity contribution in [3.8, 4) is 11.5 Å². The van der Waals surface area contributed by atoms with Crippen LogP contribution in [0.3, 0.4) is 0 Å². The van der Waals surface area contributed by atoms with E-state index in [0.717, 1.165) is 35.8 Å². The Labute approximate surface area is 141 Å². The molecule has 0 atom stereocenters. The molecule has 1 N–H and O–H groups in total. The van der Waals surface area contributed by atoms with Gasteiger partial charge in [0.25, 0.3) is 0 Å². The van der Waals surface area contributed by atoms with E-state index in [9.17, 15) is 4.79 Å². The Hall–Kier alpha value is -2.47. The standard InChI is InChI=1S/C18H22N2O4/c1-22-16-7-2-5-14-12-20(8-4-10-24-18(14)16)13-17(21)19-11-15-6-3-9-23-15/h2-3,5-7,9H,4,8,10-13H2,1H3,(H,19,21). The zero-order valence-electron chi connectivity index (χ0n) is 13.8. The molecule has 0 unspecified atom stereocenters. The van der Waals surface area contributed by atoms with Gasteiger partial charge in [-0.05, 0) is 24.6 Å². The third-order valence-electron chi connectivity index (χ3n) is 3.95. The number of benzene rings is 1. The summed E-state index contributed by atoms with van der Waals surface area (Å²) in [6.07, 6.45) is 2.47. The first-order valence-electron chi connectivity index (χ1n) is 8.06. The van der Waals surface area contributed by atoms with Crippen LogP contribution in [0.2, 0.25) is 0 Å². The minimum atomic E-state index is -0.0164. The summed E-state index contributed by atoms with van der Waals surface area (Å²) < 4.78 is 16.4. The minimum Gasteiger partial charge on any atom is -0.493 e. The number of methoxy groups -OCH3 is 1. The third kappa shape index (κ3) is 4.08. The molecule has 1 aliphatic heterocycles. The van der Waals surface area contributed by atoms with Gasteiger partial charge in [0.1, 0.15) is 5.76 Å². The molecule has 1 aromatic heterocycles. The molecular weight excluding hydrogens is 308 g/mol. The average Bonchev–Trinajstić information content (AvgIpc) is 3.08. The van der Waals surface area contributed by atoms with E-state index in [1.807, 2.05) is 30.3 Å². The number of carbonyl (C=O) groups excluding carboxylic acids is 1. The van der Waals surface area contributed by atoms with Gasteiger partial charge in [-0.25, -0.2) is 0 Å². The molecule has 6 heteroatoms. The number of carbonyl (C=O) groups is 1. The van der Waals surface area contributed by atoms with E-state index in [2.05, 4.69) is 10.2 Å². The topological polar surface area (TPSA) is 63.9 Å². The molecule has 0 radical (unpaired) electrons. The first kappa shape index (κ1) is 16.4. The van der Waals surface area contributed by atoms with Crippen molar-refractivity contribution in [2.24, 2.45) is 0 Å². The van der Waals surface area contributed by atoms with Crippen LogP contribution in [0.4, 0.5) is 0 Å². The molecule has 128 valence electrons. The van der Waals surface area contributed by atoms with Gasteiger partial charge in [0.15, 0.2) is 11.5 Å². The van der Waals surface area contributed by atoms with E-state index in [-0.39, 0.29) is 5.91 Å². The molecule has 6 nitrogen and oxygen atoms in total. The van der Waals surface area contributed by atoms with Gasteiger partial charge in [-0.2, -0.15) is 0 Å². The molecule has 2 aromatic rings. The highest BCUT2D eigenvalue weighted by Crippen LogP contribution is 2.33. The van der Waals surface area contributed by atoms with Gasteiger partial charge in [-0.1, -0.05) is 12.1 Å². The number of hydrogen-bond donors (Lipinski definition) is 1. The lowest BCUT2D eigenvalue weighted by molar-refractivity contribution is -0.122. The minimum absolute atomic E-state index is 0.0164. The summed E-state index contributed by atoms with van der Waals surface area (Å²) >= 11 is 0. The van der Waals surface area contributed by atoms with E-state index < -0.39 is 0 Å². The molecule has 1 amide bonds. The quantitative estimate of drug-likeness (QED) is 0.910. The van der Waals surface area contributed by atoms with E-state index in [1.165, 1.54) is 0 Å². The van der Waals surface area contributed by atoms with Crippen molar-refractivity contribution in [1.82, 2.24) is 10.2 Å². The summed E-state index contributed by atoms with van der Waals surface area (Å²) in [6, 6.07) is 9.50. The molecular formula is C18H22N2O4. The maximum absolute atomic E-state index is 12.2. The number of nitrogens with zero attached hydrogens (tertiary/aromatic N) is 1. The first-order valence-corrected chi connectivity index (χ1v) is 8.06. The normalized spacial score (nSPS) is 14.9. The van der Waals surface area contributed by atoms with E-state index in [0.29, 0.717) is 26.2 Å². The number of fused-ring (bicyclic) bond motifs is 1. The summed E-state index contributed by atoms with van der Waals surface area (Å²) in [7, 11) is 1.64. The lowest BCUT2D eigenvalue weighted by Crippen LogP contribution is -2.38. The van der Waals surface area contributed by atoms with Crippen LogP contribution in [0.1, 0.15) is 17.7 Å². The Balaban J connectivity index is 1.62. The van der Waals surface area contributed by atoms with Crippen molar-refractivity contribution in [3.63, 3.8) is 0 Å². The Morgan fingerprint density at radius 3 is 3.04 bits per heavy atom. The van der Waals surface area contributed by atoms with Gasteiger partial charge < -0.3 is 19.2 Å². The molecule has 1 aromatic carbocycles. The maximum Gasteiger partial charge on any atom is 0.234 e. The Kier molecular flexibility index (Phi) is 5.38. The van der Waals surface area contributed by atoms with Crippen molar-refractivity contribution >= 4 is 5.91 Å². The van der Waals surface area contributed by atoms with E-state index in [1.54, 1.807) is 13.4 Å². The monoisotopic (exact) mass is 330 g/mol. The zero-order chi connectivity index (χ0) is 16.8. The third-order valence-corrected chi connectivity index (χ3v) is 3.95. The fourth-order valence-corrected chi connectivity index (χ4v) is 2.79. The van der Waals surface area contributed by atoms with Gasteiger partial charge in [0.2, 0.25) is 5.91 Å². The zero-order valence-corrected chi connectivity index (χ0v) is 13.8. The molecule has 24 heavy (non-hydrogen) atoms. The second kappa shape index (κ2) is 7.88. The van der Waals surface area contributed by atoms with Crippen molar-refractivity contribution in [3.05, 3.63) is 47.9 Å². The number of ether oxygens (including phenoxy) is 2. The predicted molar refractivity (Wildman–Crippen MR) is 88.9 cm³/mol. The van der Waals surface area contributed by atoms with Crippen molar-refractivity contribution in [1.29, 1.82) is 0 Å². The molecule has 3 rings (SSSR count). The van der Waals surface area contributed by atoms with E-state index >= 15 is 0 Å². The summed E-state index contributed by atoms with van der Waals surface area (Å²) in [5.74, 6) is 2.24. The average molecular weight is 330 g/mol. The van der Waals surface area contributed by atoms with Crippen LogP contribution < -0.4 is 14.8 Å². The van der Waals surface area contributed by atoms with Crippen molar-refractivity contribution in [2.75, 3.05) is 26.8 Å². The Morgan fingerprint density at radius 1 is 1.33 bits per heavy atom. The van der Waals surface area contributed by atoms with Gasteiger partial charge in [0.05, 0.1) is 33.1 Å². The number of amides is 1. The lowest BCUT2D eigenvalue weighted by Gasteiger charge is -2.26. The van der Waals surface area contributed by atoms with Crippen molar-refractivity contribution < 1.29 is 18.7 Å². The van der Waals surface area contributed by atoms with Crippen LogP contribution in [0.25, 0.3) is 0 Å². The van der Waals surface area contributed by atoms with Crippen molar-refractivity contribution in [2.45, 2.75) is 19.5 Å². The number of furan rings is 1. The molecule has 0 saturated heterocycles. The highest BCUT2D eigenvalue weighted by molar-refractivity contribution is 5.77. The smallest absolute Gasteiger partial charge is 0.234 e. The van der Waals surface area contributed by atoms with Gasteiger partial charge in [0, 0.05) is 18.7 Å². The summed E-state index contributed by atoms with van der Waals surface area (Å²) in [5, 5.41) is 2.88. The maximum atomic E-state index is 12.2. The Morgan fingerprint density at radius 2 is 2.25 bits per heavy atom. The molecule has 1 aliphatic rings. The van der Waals surface area contributed by atoms with Crippen LogP contribution in [0.5, 0.6) is 11.5 Å².